The molecule has 2 fully saturated rings. The summed E-state index contributed by atoms with van der Waals surface area (Å²) < 4.78 is 55.3. The molecule has 1 aromatic heterocycles. The minimum Gasteiger partial charge on any atom is -0.368 e. The number of carbonyl (C=O) groups excluding carboxylic acids is 1. The maximum absolute atomic E-state index is 14.1. The van der Waals surface area contributed by atoms with Gasteiger partial charge in [0.05, 0.1) is 17.0 Å². The number of amides is 1. The minimum atomic E-state index is -4.43. The molecule has 176 valence electrons. The first kappa shape index (κ1) is 23.2. The van der Waals surface area contributed by atoms with Gasteiger partial charge >= 0.3 is 6.18 Å². The molecular weight excluding hydrogens is 438 g/mol. The summed E-state index contributed by atoms with van der Waals surface area (Å²) in [6.07, 6.45) is -3.80. The smallest absolute Gasteiger partial charge is 0.368 e. The SMILES string of the molecule is N#Cc1ccc(N2CC(C(F)(F)F)C[C@@H](NC(=O)CC3CCNCC3F)C2)c2cccnc12. The third-order valence-corrected chi connectivity index (χ3v) is 6.48. The molecule has 6 nitrogen and oxygen atoms in total. The zero-order chi connectivity index (χ0) is 23.6. The highest BCUT2D eigenvalue weighted by molar-refractivity contribution is 5.95. The van der Waals surface area contributed by atoms with E-state index in [1.807, 2.05) is 0 Å². The van der Waals surface area contributed by atoms with Crippen molar-refractivity contribution in [2.24, 2.45) is 11.8 Å². The molecular formula is C23H25F4N5O. The maximum atomic E-state index is 14.1. The van der Waals surface area contributed by atoms with E-state index in [9.17, 15) is 27.6 Å². The van der Waals surface area contributed by atoms with Crippen molar-refractivity contribution in [3.05, 3.63) is 36.0 Å². The van der Waals surface area contributed by atoms with Crippen LogP contribution < -0.4 is 15.5 Å². The topological polar surface area (TPSA) is 81.0 Å². The lowest BCUT2D eigenvalue weighted by atomic mass is 9.90. The lowest BCUT2D eigenvalue weighted by Gasteiger charge is -2.40. The number of nitriles is 1. The number of piperidine rings is 2. The number of alkyl halides is 4. The highest BCUT2D eigenvalue weighted by atomic mass is 19.4. The summed E-state index contributed by atoms with van der Waals surface area (Å²) >= 11 is 0. The molecule has 2 saturated heterocycles. The van der Waals surface area contributed by atoms with Crippen LogP contribution in [0.1, 0.15) is 24.8 Å². The third kappa shape index (κ3) is 5.19. The summed E-state index contributed by atoms with van der Waals surface area (Å²) in [5.74, 6) is -2.49. The number of carbonyl (C=O) groups is 1. The number of halogens is 4. The van der Waals surface area contributed by atoms with Crippen molar-refractivity contribution in [2.75, 3.05) is 31.1 Å². The van der Waals surface area contributed by atoms with Crippen molar-refractivity contribution in [1.29, 1.82) is 5.26 Å². The Morgan fingerprint density at radius 1 is 1.30 bits per heavy atom. The zero-order valence-corrected chi connectivity index (χ0v) is 17.9. The molecule has 0 spiro atoms. The number of aromatic nitrogens is 1. The van der Waals surface area contributed by atoms with E-state index >= 15 is 0 Å². The van der Waals surface area contributed by atoms with E-state index in [2.05, 4.69) is 21.7 Å². The Morgan fingerprint density at radius 2 is 2.12 bits per heavy atom. The number of nitrogens with one attached hydrogen (secondary N) is 2. The first-order chi connectivity index (χ1) is 15.8. The quantitative estimate of drug-likeness (QED) is 0.680. The van der Waals surface area contributed by atoms with E-state index in [4.69, 9.17) is 0 Å². The van der Waals surface area contributed by atoms with E-state index in [0.29, 0.717) is 35.1 Å². The standard InChI is InChI=1S/C23H25F4N5O/c24-19-11-29-7-5-14(19)8-21(33)31-17-9-16(23(25,26)27)12-32(13-17)20-4-3-15(10-28)22-18(20)2-1-6-30-22/h1-4,6,14,16-17,19,29H,5,7-9,11-13H2,(H,31,33)/t14?,16?,17-,19?/m1/s1. The van der Waals surface area contributed by atoms with Gasteiger partial charge in [-0.15, -0.1) is 0 Å². The Morgan fingerprint density at radius 3 is 2.85 bits per heavy atom. The lowest BCUT2D eigenvalue weighted by molar-refractivity contribution is -0.178. The molecule has 10 heteroatoms. The van der Waals surface area contributed by atoms with E-state index in [1.165, 1.54) is 6.20 Å². The molecule has 3 heterocycles. The molecule has 1 amide bonds. The van der Waals surface area contributed by atoms with Crippen LogP contribution in [0.3, 0.4) is 0 Å². The van der Waals surface area contributed by atoms with Crippen LogP contribution in [-0.2, 0) is 4.79 Å². The minimum absolute atomic E-state index is 0.0419. The van der Waals surface area contributed by atoms with Gasteiger partial charge in [-0.05, 0) is 43.7 Å². The average molecular weight is 463 g/mol. The molecule has 2 aromatic rings. The summed E-state index contributed by atoms with van der Waals surface area (Å²) in [5.41, 5.74) is 1.30. The van der Waals surface area contributed by atoms with Crippen molar-refractivity contribution < 1.29 is 22.4 Å². The summed E-state index contributed by atoms with van der Waals surface area (Å²) in [6, 6.07) is 7.89. The Balaban J connectivity index is 1.56. The molecule has 33 heavy (non-hydrogen) atoms. The largest absolute Gasteiger partial charge is 0.393 e. The molecule has 2 aliphatic heterocycles. The lowest BCUT2D eigenvalue weighted by Crippen LogP contribution is -2.54. The molecule has 3 unspecified atom stereocenters. The normalized spacial score (nSPS) is 26.1. The van der Waals surface area contributed by atoms with Gasteiger partial charge in [0, 0.05) is 55.3 Å². The summed E-state index contributed by atoms with van der Waals surface area (Å²) in [7, 11) is 0. The number of benzene rings is 1. The molecule has 4 rings (SSSR count). The Kier molecular flexibility index (Phi) is 6.70. The number of rotatable bonds is 4. The van der Waals surface area contributed by atoms with Crippen LogP contribution in [0.2, 0.25) is 0 Å². The molecule has 2 N–H and O–H groups in total. The molecule has 4 atom stereocenters. The van der Waals surface area contributed by atoms with Crippen LogP contribution in [0, 0.1) is 23.2 Å². The number of anilines is 1. The van der Waals surface area contributed by atoms with E-state index < -0.39 is 36.1 Å². The molecule has 2 aliphatic rings. The van der Waals surface area contributed by atoms with E-state index in [0.717, 1.165) is 0 Å². The summed E-state index contributed by atoms with van der Waals surface area (Å²) in [6.45, 7) is 0.725. The predicted molar refractivity (Wildman–Crippen MR) is 115 cm³/mol. The van der Waals surface area contributed by atoms with Gasteiger partial charge in [0.15, 0.2) is 0 Å². The predicted octanol–water partition coefficient (Wildman–Crippen LogP) is 3.32. The van der Waals surface area contributed by atoms with Crippen LogP contribution in [0.4, 0.5) is 23.2 Å². The molecule has 0 saturated carbocycles. The monoisotopic (exact) mass is 463 g/mol. The van der Waals surface area contributed by atoms with Gasteiger partial charge < -0.3 is 15.5 Å². The zero-order valence-electron chi connectivity index (χ0n) is 17.9. The van der Waals surface area contributed by atoms with Crippen LogP contribution in [0.25, 0.3) is 10.9 Å². The number of pyridine rings is 1. The van der Waals surface area contributed by atoms with Gasteiger partial charge in [0.1, 0.15) is 12.2 Å². The highest BCUT2D eigenvalue weighted by Gasteiger charge is 2.45. The van der Waals surface area contributed by atoms with Crippen LogP contribution in [-0.4, -0.2) is 55.5 Å². The summed E-state index contributed by atoms with van der Waals surface area (Å²) in [5, 5.41) is 15.6. The third-order valence-electron chi connectivity index (χ3n) is 6.48. The molecule has 0 aliphatic carbocycles. The Hall–Kier alpha value is -2.93. The van der Waals surface area contributed by atoms with Gasteiger partial charge in [-0.3, -0.25) is 9.78 Å². The fourth-order valence-electron chi connectivity index (χ4n) is 4.79. The van der Waals surface area contributed by atoms with Crippen LogP contribution >= 0.6 is 0 Å². The van der Waals surface area contributed by atoms with Gasteiger partial charge in [0.25, 0.3) is 0 Å². The Labute approximate surface area is 189 Å². The van der Waals surface area contributed by atoms with E-state index in [-0.39, 0.29) is 32.5 Å². The fraction of sp³-hybridized carbons (Fsp3) is 0.522. The highest BCUT2D eigenvalue weighted by Crippen LogP contribution is 2.37. The average Bonchev–Trinajstić information content (AvgIpc) is 2.79. The van der Waals surface area contributed by atoms with Crippen molar-refractivity contribution >= 4 is 22.5 Å². The molecule has 0 radical (unpaired) electrons. The van der Waals surface area contributed by atoms with Gasteiger partial charge in [-0.2, -0.15) is 18.4 Å². The number of fused-ring (bicyclic) bond motifs is 1. The molecule has 1 aromatic carbocycles. The first-order valence-corrected chi connectivity index (χ1v) is 11.0. The first-order valence-electron chi connectivity index (χ1n) is 11.0. The van der Waals surface area contributed by atoms with E-state index in [1.54, 1.807) is 29.2 Å². The Bertz CT molecular complexity index is 1050. The van der Waals surface area contributed by atoms with Gasteiger partial charge in [0.2, 0.25) is 5.91 Å². The number of nitrogens with zero attached hydrogens (tertiary/aromatic N) is 3. The fourth-order valence-corrected chi connectivity index (χ4v) is 4.79. The second-order valence-corrected chi connectivity index (χ2v) is 8.76. The van der Waals surface area contributed by atoms with Crippen molar-refractivity contribution in [2.45, 2.75) is 37.7 Å². The van der Waals surface area contributed by atoms with Crippen molar-refractivity contribution in [3.63, 3.8) is 0 Å². The number of hydrogen-bond acceptors (Lipinski definition) is 5. The van der Waals surface area contributed by atoms with Crippen molar-refractivity contribution in [1.82, 2.24) is 15.6 Å². The van der Waals surface area contributed by atoms with Gasteiger partial charge in [-0.25, -0.2) is 4.39 Å². The second-order valence-electron chi connectivity index (χ2n) is 8.76. The summed E-state index contributed by atoms with van der Waals surface area (Å²) in [4.78, 5) is 18.4. The van der Waals surface area contributed by atoms with Gasteiger partial charge in [-0.1, -0.05) is 0 Å². The molecule has 0 bridgehead atoms. The van der Waals surface area contributed by atoms with Crippen LogP contribution in [0.5, 0.6) is 0 Å². The number of hydrogen-bond donors (Lipinski definition) is 2. The van der Waals surface area contributed by atoms with Crippen LogP contribution in [0.15, 0.2) is 30.5 Å². The van der Waals surface area contributed by atoms with Crippen molar-refractivity contribution in [3.8, 4) is 6.07 Å². The second kappa shape index (κ2) is 9.51. The maximum Gasteiger partial charge on any atom is 0.393 e.